The van der Waals surface area contributed by atoms with E-state index in [1.165, 1.54) is 0 Å². The highest BCUT2D eigenvalue weighted by Gasteiger charge is 2.42. The fourth-order valence-electron chi connectivity index (χ4n) is 3.89. The molecule has 6 heteroatoms. The Morgan fingerprint density at radius 3 is 2.57 bits per heavy atom. The maximum Gasteiger partial charge on any atom is 0.315 e. The lowest BCUT2D eigenvalue weighted by Crippen LogP contribution is -2.49. The van der Waals surface area contributed by atoms with E-state index < -0.39 is 0 Å². The van der Waals surface area contributed by atoms with Gasteiger partial charge in [-0.15, -0.1) is 0 Å². The molecule has 0 aromatic heterocycles. The van der Waals surface area contributed by atoms with Gasteiger partial charge in [0, 0.05) is 11.6 Å². The maximum atomic E-state index is 12.3. The zero-order valence-corrected chi connectivity index (χ0v) is 13.6. The normalized spacial score (nSPS) is 35.4. The molecule has 3 aliphatic rings. The van der Waals surface area contributed by atoms with Gasteiger partial charge in [-0.2, -0.15) is 0 Å². The van der Waals surface area contributed by atoms with Crippen LogP contribution < -0.4 is 10.6 Å². The molecule has 0 aliphatic carbocycles. The number of nitrogens with one attached hydrogen (secondary N) is 2. The van der Waals surface area contributed by atoms with Gasteiger partial charge in [-0.1, -0.05) is 23.7 Å². The standard InChI is InChI=1S/C17H21ClN2O3/c18-11-3-1-10(2-4-11)16-13(7-8-22-16)19-17(21)20-14-9-12-5-6-15(14)23-12/h1-4,12-16H,5-9H2,(H2,19,20,21)/t12-,13+,14-,15-,16-/m1/s1. The Morgan fingerprint density at radius 1 is 1.09 bits per heavy atom. The second kappa shape index (κ2) is 6.30. The topological polar surface area (TPSA) is 59.6 Å². The minimum atomic E-state index is -0.124. The molecule has 1 aromatic carbocycles. The van der Waals surface area contributed by atoms with E-state index >= 15 is 0 Å². The molecular weight excluding hydrogens is 316 g/mol. The summed E-state index contributed by atoms with van der Waals surface area (Å²) < 4.78 is 11.6. The lowest BCUT2D eigenvalue weighted by atomic mass is 9.96. The lowest BCUT2D eigenvalue weighted by molar-refractivity contribution is 0.0957. The second-order valence-corrected chi connectivity index (χ2v) is 7.01. The van der Waals surface area contributed by atoms with Crippen LogP contribution in [0.3, 0.4) is 0 Å². The van der Waals surface area contributed by atoms with Crippen LogP contribution in [0.4, 0.5) is 4.79 Å². The third-order valence-corrected chi connectivity index (χ3v) is 5.28. The first-order valence-corrected chi connectivity index (χ1v) is 8.66. The third kappa shape index (κ3) is 3.18. The number of benzene rings is 1. The Hall–Kier alpha value is -1.30. The molecule has 3 aliphatic heterocycles. The van der Waals surface area contributed by atoms with Crippen molar-refractivity contribution in [2.24, 2.45) is 0 Å². The van der Waals surface area contributed by atoms with E-state index in [0.29, 0.717) is 17.7 Å². The van der Waals surface area contributed by atoms with Crippen molar-refractivity contribution in [1.29, 1.82) is 0 Å². The summed E-state index contributed by atoms with van der Waals surface area (Å²) in [6.45, 7) is 0.648. The molecule has 5 atom stereocenters. The molecular formula is C17H21ClN2O3. The van der Waals surface area contributed by atoms with E-state index in [-0.39, 0.29) is 30.3 Å². The van der Waals surface area contributed by atoms with Crippen LogP contribution in [-0.4, -0.2) is 36.9 Å². The number of hydrogen-bond donors (Lipinski definition) is 2. The number of amides is 2. The van der Waals surface area contributed by atoms with Crippen molar-refractivity contribution in [3.8, 4) is 0 Å². The van der Waals surface area contributed by atoms with Crippen molar-refractivity contribution < 1.29 is 14.3 Å². The summed E-state index contributed by atoms with van der Waals surface area (Å²) in [5.74, 6) is 0. The molecule has 124 valence electrons. The predicted octanol–water partition coefficient (Wildman–Crippen LogP) is 2.79. The number of urea groups is 1. The number of halogens is 1. The largest absolute Gasteiger partial charge is 0.373 e. The summed E-state index contributed by atoms with van der Waals surface area (Å²) in [4.78, 5) is 12.3. The van der Waals surface area contributed by atoms with Gasteiger partial charge < -0.3 is 20.1 Å². The molecule has 3 saturated heterocycles. The van der Waals surface area contributed by atoms with Crippen LogP contribution in [0.2, 0.25) is 5.02 Å². The summed E-state index contributed by atoms with van der Waals surface area (Å²) in [7, 11) is 0. The van der Waals surface area contributed by atoms with E-state index in [9.17, 15) is 4.79 Å². The first-order chi connectivity index (χ1) is 11.2. The van der Waals surface area contributed by atoms with Gasteiger partial charge in [0.15, 0.2) is 0 Å². The Kier molecular flexibility index (Phi) is 4.18. The summed E-state index contributed by atoms with van der Waals surface area (Å²) in [5.41, 5.74) is 1.04. The van der Waals surface area contributed by atoms with E-state index in [0.717, 1.165) is 31.2 Å². The van der Waals surface area contributed by atoms with Gasteiger partial charge in [0.2, 0.25) is 0 Å². The molecule has 2 N–H and O–H groups in total. The molecule has 3 fully saturated rings. The molecule has 0 saturated carbocycles. The van der Waals surface area contributed by atoms with Gasteiger partial charge in [0.05, 0.1) is 24.3 Å². The highest BCUT2D eigenvalue weighted by Crippen LogP contribution is 2.34. The molecule has 2 amide bonds. The number of carbonyl (C=O) groups is 1. The van der Waals surface area contributed by atoms with Gasteiger partial charge in [-0.3, -0.25) is 0 Å². The van der Waals surface area contributed by atoms with Gasteiger partial charge >= 0.3 is 6.03 Å². The molecule has 0 radical (unpaired) electrons. The SMILES string of the molecule is O=C(N[C@H]1CCO[C@@H]1c1ccc(Cl)cc1)N[C@@H]1C[C@H]2CC[C@H]1O2. The van der Waals surface area contributed by atoms with Crippen molar-refractivity contribution in [2.75, 3.05) is 6.61 Å². The Labute approximate surface area is 140 Å². The van der Waals surface area contributed by atoms with E-state index in [1.54, 1.807) is 0 Å². The van der Waals surface area contributed by atoms with Crippen molar-refractivity contribution in [3.05, 3.63) is 34.9 Å². The summed E-state index contributed by atoms with van der Waals surface area (Å²) in [6.07, 6.45) is 4.33. The fraction of sp³-hybridized carbons (Fsp3) is 0.588. The zero-order valence-electron chi connectivity index (χ0n) is 12.8. The van der Waals surface area contributed by atoms with E-state index in [4.69, 9.17) is 21.1 Å². The van der Waals surface area contributed by atoms with Crippen LogP contribution in [0, 0.1) is 0 Å². The van der Waals surface area contributed by atoms with Crippen LogP contribution in [0.15, 0.2) is 24.3 Å². The first kappa shape index (κ1) is 15.2. The Bertz CT molecular complexity index is 580. The molecule has 0 spiro atoms. The molecule has 2 bridgehead atoms. The fourth-order valence-corrected chi connectivity index (χ4v) is 4.01. The van der Waals surface area contributed by atoms with Gasteiger partial charge in [0.1, 0.15) is 6.10 Å². The molecule has 0 unspecified atom stereocenters. The molecule has 5 nitrogen and oxygen atoms in total. The van der Waals surface area contributed by atoms with Crippen molar-refractivity contribution in [1.82, 2.24) is 10.6 Å². The van der Waals surface area contributed by atoms with Gasteiger partial charge in [-0.05, 0) is 43.4 Å². The average molecular weight is 337 g/mol. The number of ether oxygens (including phenoxy) is 2. The smallest absolute Gasteiger partial charge is 0.315 e. The van der Waals surface area contributed by atoms with Crippen molar-refractivity contribution >= 4 is 17.6 Å². The van der Waals surface area contributed by atoms with Crippen molar-refractivity contribution in [3.63, 3.8) is 0 Å². The molecule has 23 heavy (non-hydrogen) atoms. The van der Waals surface area contributed by atoms with Crippen LogP contribution in [0.5, 0.6) is 0 Å². The van der Waals surface area contributed by atoms with E-state index in [2.05, 4.69) is 10.6 Å². The minimum Gasteiger partial charge on any atom is -0.373 e. The van der Waals surface area contributed by atoms with Crippen LogP contribution in [0.25, 0.3) is 0 Å². The van der Waals surface area contributed by atoms with Crippen LogP contribution >= 0.6 is 11.6 Å². The average Bonchev–Trinajstić information content (AvgIpc) is 3.25. The van der Waals surface area contributed by atoms with Gasteiger partial charge in [0.25, 0.3) is 0 Å². The number of fused-ring (bicyclic) bond motifs is 2. The summed E-state index contributed by atoms with van der Waals surface area (Å²) in [5, 5.41) is 6.83. The van der Waals surface area contributed by atoms with Crippen molar-refractivity contribution in [2.45, 2.75) is 56.1 Å². The number of carbonyl (C=O) groups excluding carboxylic acids is 1. The Balaban J connectivity index is 1.35. The first-order valence-electron chi connectivity index (χ1n) is 8.28. The summed E-state index contributed by atoms with van der Waals surface area (Å²) in [6, 6.07) is 7.61. The number of hydrogen-bond acceptors (Lipinski definition) is 3. The zero-order chi connectivity index (χ0) is 15.8. The minimum absolute atomic E-state index is 0.0179. The van der Waals surface area contributed by atoms with E-state index in [1.807, 2.05) is 24.3 Å². The second-order valence-electron chi connectivity index (χ2n) is 6.57. The monoisotopic (exact) mass is 336 g/mol. The highest BCUT2D eigenvalue weighted by atomic mass is 35.5. The molecule has 3 heterocycles. The molecule has 1 aromatic rings. The Morgan fingerprint density at radius 2 is 1.87 bits per heavy atom. The summed E-state index contributed by atoms with van der Waals surface area (Å²) >= 11 is 5.93. The number of rotatable bonds is 3. The molecule has 4 rings (SSSR count). The maximum absolute atomic E-state index is 12.3. The highest BCUT2D eigenvalue weighted by molar-refractivity contribution is 6.30. The lowest BCUT2D eigenvalue weighted by Gasteiger charge is -2.24. The van der Waals surface area contributed by atoms with Crippen LogP contribution in [-0.2, 0) is 9.47 Å². The van der Waals surface area contributed by atoms with Crippen LogP contribution in [0.1, 0.15) is 37.4 Å². The predicted molar refractivity (Wildman–Crippen MR) is 86.5 cm³/mol. The quantitative estimate of drug-likeness (QED) is 0.892. The third-order valence-electron chi connectivity index (χ3n) is 5.03. The van der Waals surface area contributed by atoms with Gasteiger partial charge in [-0.25, -0.2) is 4.79 Å².